The number of fused-ring (bicyclic) bond motifs is 1. The second-order valence-electron chi connectivity index (χ2n) is 5.04. The average molecular weight is 301 g/mol. The molecule has 1 fully saturated rings. The molecule has 6 N–H and O–H groups in total. The summed E-state index contributed by atoms with van der Waals surface area (Å²) in [5.41, 5.74) is 11.4. The van der Waals surface area contributed by atoms with Crippen LogP contribution in [0.25, 0.3) is 0 Å². The minimum atomic E-state index is -1.16. The van der Waals surface area contributed by atoms with Gasteiger partial charge in [-0.2, -0.15) is 0 Å². The number of nitrogens with zero attached hydrogens (tertiary/aromatic N) is 1. The maximum Gasteiger partial charge on any atom is 0.353 e. The lowest BCUT2D eigenvalue weighted by atomic mass is 9.92. The fourth-order valence-electron chi connectivity index (χ4n) is 2.54. The van der Waals surface area contributed by atoms with Gasteiger partial charge in [0.1, 0.15) is 11.1 Å². The Hall–Kier alpha value is -1.09. The molecule has 2 rings (SSSR count). The van der Waals surface area contributed by atoms with Gasteiger partial charge in [0.2, 0.25) is 5.91 Å². The zero-order chi connectivity index (χ0) is 15.0. The van der Waals surface area contributed by atoms with Gasteiger partial charge in [-0.05, 0) is 26.3 Å². The van der Waals surface area contributed by atoms with E-state index in [1.165, 1.54) is 23.6 Å². The van der Waals surface area contributed by atoms with E-state index in [1.54, 1.807) is 0 Å². The first-order chi connectivity index (χ1) is 9.40. The number of β-lactam (4-membered cyclic amide) rings is 1. The smallest absolute Gasteiger partial charge is 0.353 e. The molecule has 0 radical (unpaired) electrons. The molecule has 0 aliphatic carbocycles. The normalized spacial score (nSPS) is 28.2. The summed E-state index contributed by atoms with van der Waals surface area (Å²) in [4.78, 5) is 25.1. The standard InChI is InChI=1S/C12H19N3O4S/c1-5(16)7-10(17)15-8(12(18)19)9(20-11(7)15)6(14)3-2-4-13/h5-7,11,16H,2-4,13-14H2,1H3,(H,18,19)/t5?,6-,7+,11-/m1/s1. The molecule has 0 aromatic heterocycles. The van der Waals surface area contributed by atoms with Crippen LogP contribution in [0.5, 0.6) is 0 Å². The van der Waals surface area contributed by atoms with Crippen LogP contribution in [0.3, 0.4) is 0 Å². The molecule has 2 heterocycles. The number of carboxylic acids is 1. The minimum absolute atomic E-state index is 0.0357. The summed E-state index contributed by atoms with van der Waals surface area (Å²) in [6, 6.07) is -0.442. The first-order valence-corrected chi connectivity index (χ1v) is 7.39. The van der Waals surface area contributed by atoms with Crippen molar-refractivity contribution in [2.45, 2.75) is 37.3 Å². The minimum Gasteiger partial charge on any atom is -0.477 e. The third-order valence-corrected chi connectivity index (χ3v) is 5.08. The van der Waals surface area contributed by atoms with Crippen LogP contribution >= 0.6 is 11.8 Å². The van der Waals surface area contributed by atoms with Gasteiger partial charge in [-0.3, -0.25) is 9.69 Å². The number of carbonyl (C=O) groups excluding carboxylic acids is 1. The molecule has 0 saturated carbocycles. The van der Waals surface area contributed by atoms with E-state index in [1.807, 2.05) is 0 Å². The van der Waals surface area contributed by atoms with E-state index in [0.717, 1.165) is 0 Å². The first-order valence-electron chi connectivity index (χ1n) is 6.51. The van der Waals surface area contributed by atoms with Gasteiger partial charge >= 0.3 is 5.97 Å². The highest BCUT2D eigenvalue weighted by Crippen LogP contribution is 2.51. The van der Waals surface area contributed by atoms with Crippen molar-refractivity contribution < 1.29 is 19.8 Å². The number of aliphatic carboxylic acids is 1. The van der Waals surface area contributed by atoms with Gasteiger partial charge in [0.05, 0.1) is 12.0 Å². The quantitative estimate of drug-likeness (QED) is 0.475. The van der Waals surface area contributed by atoms with Crippen LogP contribution in [0.15, 0.2) is 10.6 Å². The number of aliphatic hydroxyl groups is 1. The van der Waals surface area contributed by atoms with Crippen molar-refractivity contribution >= 4 is 23.6 Å². The fraction of sp³-hybridized carbons (Fsp3) is 0.667. The van der Waals surface area contributed by atoms with Crippen molar-refractivity contribution in [2.75, 3.05) is 6.54 Å². The lowest BCUT2D eigenvalue weighted by Gasteiger charge is -2.43. The van der Waals surface area contributed by atoms with E-state index < -0.39 is 24.0 Å². The number of aliphatic hydroxyl groups excluding tert-OH is 1. The highest BCUT2D eigenvalue weighted by molar-refractivity contribution is 8.04. The molecule has 0 aromatic carbocycles. The predicted octanol–water partition coefficient (Wildman–Crippen LogP) is -0.739. The number of carbonyl (C=O) groups is 2. The van der Waals surface area contributed by atoms with Gasteiger partial charge in [0.15, 0.2) is 0 Å². The van der Waals surface area contributed by atoms with E-state index in [0.29, 0.717) is 24.3 Å². The molecule has 4 atom stereocenters. The third-order valence-electron chi connectivity index (χ3n) is 3.58. The predicted molar refractivity (Wildman–Crippen MR) is 74.3 cm³/mol. The van der Waals surface area contributed by atoms with E-state index in [2.05, 4.69) is 0 Å². The molecule has 20 heavy (non-hydrogen) atoms. The third kappa shape index (κ3) is 2.32. The Morgan fingerprint density at radius 3 is 2.70 bits per heavy atom. The lowest BCUT2D eigenvalue weighted by molar-refractivity contribution is -0.156. The van der Waals surface area contributed by atoms with Crippen molar-refractivity contribution in [3.63, 3.8) is 0 Å². The number of hydrogen-bond acceptors (Lipinski definition) is 6. The lowest BCUT2D eigenvalue weighted by Crippen LogP contribution is -2.60. The topological polar surface area (TPSA) is 130 Å². The SMILES string of the molecule is CC(O)[C@H]1C(=O)N2C(C(=O)O)=C([C@H](N)CCCN)S[C@H]12. The van der Waals surface area contributed by atoms with Crippen molar-refractivity contribution in [3.8, 4) is 0 Å². The van der Waals surface area contributed by atoms with E-state index in [-0.39, 0.29) is 17.0 Å². The maximum atomic E-state index is 12.0. The number of amides is 1. The highest BCUT2D eigenvalue weighted by atomic mass is 32.2. The van der Waals surface area contributed by atoms with Gasteiger partial charge in [-0.15, -0.1) is 0 Å². The summed E-state index contributed by atoms with van der Waals surface area (Å²) >= 11 is 1.27. The molecule has 0 aromatic rings. The van der Waals surface area contributed by atoms with Gasteiger partial charge in [0.25, 0.3) is 0 Å². The monoisotopic (exact) mass is 301 g/mol. The highest BCUT2D eigenvalue weighted by Gasteiger charge is 2.58. The number of rotatable bonds is 6. The Morgan fingerprint density at radius 2 is 2.20 bits per heavy atom. The first kappa shape index (κ1) is 15.3. The second kappa shape index (κ2) is 5.72. The average Bonchev–Trinajstić information content (AvgIpc) is 2.70. The molecular weight excluding hydrogens is 282 g/mol. The van der Waals surface area contributed by atoms with Crippen LogP contribution in [0.4, 0.5) is 0 Å². The molecule has 2 aliphatic heterocycles. The summed E-state index contributed by atoms with van der Waals surface area (Å²) in [6.45, 7) is 2.02. The number of carboxylic acid groups (broad SMARTS) is 1. The Kier molecular flexibility index (Phi) is 4.38. The van der Waals surface area contributed by atoms with Crippen LogP contribution in [0.1, 0.15) is 19.8 Å². The molecule has 1 unspecified atom stereocenters. The van der Waals surface area contributed by atoms with Gasteiger partial charge in [0, 0.05) is 10.9 Å². The van der Waals surface area contributed by atoms with Crippen molar-refractivity contribution in [3.05, 3.63) is 10.6 Å². The van der Waals surface area contributed by atoms with Crippen LogP contribution in [-0.2, 0) is 9.59 Å². The van der Waals surface area contributed by atoms with E-state index >= 15 is 0 Å². The zero-order valence-electron chi connectivity index (χ0n) is 11.2. The van der Waals surface area contributed by atoms with Crippen molar-refractivity contribution in [1.82, 2.24) is 4.90 Å². The van der Waals surface area contributed by atoms with Gasteiger partial charge < -0.3 is 21.7 Å². The Bertz CT molecular complexity index is 466. The molecule has 0 bridgehead atoms. The number of nitrogens with two attached hydrogens (primary N) is 2. The van der Waals surface area contributed by atoms with Crippen LogP contribution in [0.2, 0.25) is 0 Å². The second-order valence-corrected chi connectivity index (χ2v) is 6.20. The van der Waals surface area contributed by atoms with Gasteiger partial charge in [-0.25, -0.2) is 4.79 Å². The summed E-state index contributed by atoms with van der Waals surface area (Å²) < 4.78 is 0. The van der Waals surface area contributed by atoms with Crippen molar-refractivity contribution in [2.24, 2.45) is 17.4 Å². The number of hydrogen-bond donors (Lipinski definition) is 4. The molecular formula is C12H19N3O4S. The molecule has 112 valence electrons. The fourth-order valence-corrected chi connectivity index (χ4v) is 4.19. The van der Waals surface area contributed by atoms with Crippen molar-refractivity contribution in [1.29, 1.82) is 0 Å². The molecule has 7 nitrogen and oxygen atoms in total. The molecule has 2 aliphatic rings. The summed E-state index contributed by atoms with van der Waals surface area (Å²) in [6.07, 6.45) is 0.464. The number of thioether (sulfide) groups is 1. The maximum absolute atomic E-state index is 12.0. The summed E-state index contributed by atoms with van der Waals surface area (Å²) in [7, 11) is 0. The van der Waals surface area contributed by atoms with Crippen LogP contribution in [-0.4, -0.2) is 51.1 Å². The Balaban J connectivity index is 2.23. The molecule has 0 spiro atoms. The molecule has 1 amide bonds. The molecule has 1 saturated heterocycles. The van der Waals surface area contributed by atoms with Crippen LogP contribution < -0.4 is 11.5 Å². The Labute approximate surface area is 121 Å². The van der Waals surface area contributed by atoms with Gasteiger partial charge in [-0.1, -0.05) is 11.8 Å². The van der Waals surface area contributed by atoms with E-state index in [9.17, 15) is 19.8 Å². The zero-order valence-corrected chi connectivity index (χ0v) is 12.0. The van der Waals surface area contributed by atoms with Crippen LogP contribution in [0, 0.1) is 5.92 Å². The summed E-state index contributed by atoms with van der Waals surface area (Å²) in [5, 5.41) is 18.6. The largest absolute Gasteiger partial charge is 0.477 e. The summed E-state index contributed by atoms with van der Waals surface area (Å²) in [5.74, 6) is -2.07. The molecule has 8 heteroatoms. The van der Waals surface area contributed by atoms with E-state index in [4.69, 9.17) is 11.5 Å². The Morgan fingerprint density at radius 1 is 1.55 bits per heavy atom.